The molecule has 0 fully saturated rings. The zero-order chi connectivity index (χ0) is 7.86. The molecule has 0 bridgehead atoms. The molecule has 0 aromatic rings. The van der Waals surface area contributed by atoms with Crippen molar-refractivity contribution < 1.29 is 14.7 Å². The molecule has 9 heavy (non-hydrogen) atoms. The van der Waals surface area contributed by atoms with E-state index in [1.54, 1.807) is 22.6 Å². The molecule has 0 unspecified atom stereocenters. The van der Waals surface area contributed by atoms with Crippen molar-refractivity contribution in [2.75, 3.05) is 4.43 Å². The average molecular weight is 246 g/mol. The van der Waals surface area contributed by atoms with Crippen LogP contribution in [0.2, 0.25) is 0 Å². The smallest absolute Gasteiger partial charge is 0.313 e. The molecule has 5 N–H and O–H groups in total. The highest BCUT2D eigenvalue weighted by atomic mass is 127. The number of carboxylic acids is 1. The third kappa shape index (κ3) is 103. The van der Waals surface area contributed by atoms with Crippen molar-refractivity contribution in [3.05, 3.63) is 0 Å². The summed E-state index contributed by atoms with van der Waals surface area (Å²) in [5.74, 6) is -0.759. The lowest BCUT2D eigenvalue weighted by molar-refractivity contribution is -0.133. The first-order valence-corrected chi connectivity index (χ1v) is 3.36. The first-order chi connectivity index (χ1) is 4.00. The number of aliphatic carboxylic acids is 1. The summed E-state index contributed by atoms with van der Waals surface area (Å²) >= 11 is 1.78. The van der Waals surface area contributed by atoms with Gasteiger partial charge in [0.1, 0.15) is 0 Å². The summed E-state index contributed by atoms with van der Waals surface area (Å²) in [6.45, 7) is 0. The van der Waals surface area contributed by atoms with Gasteiger partial charge in [0.25, 0.3) is 0 Å². The highest BCUT2D eigenvalue weighted by Gasteiger charge is 1.82. The van der Waals surface area contributed by atoms with Gasteiger partial charge in [-0.3, -0.25) is 4.79 Å². The molecule has 0 spiro atoms. The zero-order valence-corrected chi connectivity index (χ0v) is 6.66. The number of hydrogen-bond acceptors (Lipinski definition) is 2. The van der Waals surface area contributed by atoms with Gasteiger partial charge in [-0.05, 0) is 0 Å². The lowest BCUT2D eigenvalue weighted by Gasteiger charge is -1.70. The third-order valence-electron chi connectivity index (χ3n) is 0.114. The maximum atomic E-state index is 9.36. The van der Waals surface area contributed by atoms with Crippen molar-refractivity contribution in [2.45, 2.75) is 0 Å². The number of halogens is 1. The standard InChI is InChI=1S/C2H3IO2.CH4N2O/c3-1-2(4)5;2-1(3)4/h1H2,(H,4,5);(H4,2,3,4). The van der Waals surface area contributed by atoms with Crippen molar-refractivity contribution in [1.82, 2.24) is 0 Å². The van der Waals surface area contributed by atoms with Crippen LogP contribution < -0.4 is 11.5 Å². The van der Waals surface area contributed by atoms with Crippen LogP contribution >= 0.6 is 22.6 Å². The molecule has 0 aliphatic carbocycles. The first kappa shape index (κ1) is 11.3. The lowest BCUT2D eigenvalue weighted by atomic mass is 10.9. The van der Waals surface area contributed by atoms with Crippen molar-refractivity contribution >= 4 is 34.6 Å². The van der Waals surface area contributed by atoms with Crippen LogP contribution in [-0.2, 0) is 4.79 Å². The molecule has 0 atom stereocenters. The monoisotopic (exact) mass is 246 g/mol. The summed E-state index contributed by atoms with van der Waals surface area (Å²) in [4.78, 5) is 18.4. The van der Waals surface area contributed by atoms with E-state index >= 15 is 0 Å². The van der Waals surface area contributed by atoms with Crippen molar-refractivity contribution in [3.63, 3.8) is 0 Å². The van der Waals surface area contributed by atoms with Crippen LogP contribution in [0.3, 0.4) is 0 Å². The normalized spacial score (nSPS) is 6.78. The summed E-state index contributed by atoms with van der Waals surface area (Å²) in [5.41, 5.74) is 8.50. The summed E-state index contributed by atoms with van der Waals surface area (Å²) < 4.78 is 0.192. The number of carbonyl (C=O) groups is 2. The Morgan fingerprint density at radius 2 is 1.56 bits per heavy atom. The summed E-state index contributed by atoms with van der Waals surface area (Å²) in [5, 5.41) is 7.71. The van der Waals surface area contributed by atoms with Crippen molar-refractivity contribution in [2.24, 2.45) is 11.5 Å². The first-order valence-electron chi connectivity index (χ1n) is 1.83. The second-order valence-corrected chi connectivity index (χ2v) is 1.69. The highest BCUT2D eigenvalue weighted by molar-refractivity contribution is 14.1. The van der Waals surface area contributed by atoms with Gasteiger partial charge in [-0.25, -0.2) is 4.79 Å². The Morgan fingerprint density at radius 1 is 1.44 bits per heavy atom. The van der Waals surface area contributed by atoms with E-state index in [0.717, 1.165) is 0 Å². The Bertz CT molecular complexity index is 101. The molecular weight excluding hydrogens is 239 g/mol. The van der Waals surface area contributed by atoms with Crippen LogP contribution in [0.25, 0.3) is 0 Å². The molecule has 0 saturated heterocycles. The second kappa shape index (κ2) is 7.47. The van der Waals surface area contributed by atoms with Crippen molar-refractivity contribution in [1.29, 1.82) is 0 Å². The number of rotatable bonds is 1. The number of primary amides is 2. The quantitative estimate of drug-likeness (QED) is 0.430. The van der Waals surface area contributed by atoms with E-state index in [4.69, 9.17) is 9.90 Å². The molecule has 2 amide bonds. The Kier molecular flexibility index (Phi) is 9.37. The maximum absolute atomic E-state index is 9.36. The highest BCUT2D eigenvalue weighted by Crippen LogP contribution is 1.75. The predicted molar refractivity (Wildman–Crippen MR) is 40.3 cm³/mol. The van der Waals surface area contributed by atoms with E-state index in [-0.39, 0.29) is 4.43 Å². The molecule has 5 nitrogen and oxygen atoms in total. The Morgan fingerprint density at radius 3 is 1.56 bits per heavy atom. The minimum absolute atomic E-state index is 0.192. The van der Waals surface area contributed by atoms with Gasteiger partial charge in [-0.1, -0.05) is 22.6 Å². The third-order valence-corrected chi connectivity index (χ3v) is 0.767. The van der Waals surface area contributed by atoms with Crippen LogP contribution in [0.5, 0.6) is 0 Å². The molecule has 0 rings (SSSR count). The Hall–Kier alpha value is -0.530. The second-order valence-electron chi connectivity index (χ2n) is 0.930. The van der Waals surface area contributed by atoms with E-state index in [1.807, 2.05) is 0 Å². The van der Waals surface area contributed by atoms with Gasteiger partial charge in [-0.15, -0.1) is 0 Å². The molecular formula is C3H7IN2O3. The summed E-state index contributed by atoms with van der Waals surface area (Å²) in [7, 11) is 0. The molecule has 0 radical (unpaired) electrons. The topological polar surface area (TPSA) is 106 Å². The van der Waals surface area contributed by atoms with Gasteiger partial charge >= 0.3 is 12.0 Å². The van der Waals surface area contributed by atoms with E-state index in [9.17, 15) is 4.79 Å². The number of amides is 2. The number of carboxylic acid groups (broad SMARTS) is 1. The molecule has 0 aliphatic heterocycles. The number of alkyl halides is 1. The number of hydrogen-bond donors (Lipinski definition) is 3. The van der Waals surface area contributed by atoms with Gasteiger partial charge in [0, 0.05) is 0 Å². The van der Waals surface area contributed by atoms with Gasteiger partial charge in [0.15, 0.2) is 0 Å². The molecule has 0 aromatic carbocycles. The molecule has 0 aromatic heterocycles. The van der Waals surface area contributed by atoms with Gasteiger partial charge in [0.05, 0.1) is 4.43 Å². The molecule has 0 heterocycles. The lowest BCUT2D eigenvalue weighted by Crippen LogP contribution is -2.18. The summed E-state index contributed by atoms with van der Waals surface area (Å²) in [6.07, 6.45) is 0. The molecule has 0 aliphatic rings. The average Bonchev–Trinajstić information content (AvgIpc) is 1.65. The van der Waals surface area contributed by atoms with Gasteiger partial charge < -0.3 is 16.6 Å². The van der Waals surface area contributed by atoms with E-state index in [0.29, 0.717) is 0 Å². The van der Waals surface area contributed by atoms with E-state index in [1.165, 1.54) is 0 Å². The Balaban J connectivity index is 0. The van der Waals surface area contributed by atoms with Gasteiger partial charge in [0.2, 0.25) is 0 Å². The van der Waals surface area contributed by atoms with Crippen LogP contribution in [-0.4, -0.2) is 21.5 Å². The summed E-state index contributed by atoms with van der Waals surface area (Å²) in [6, 6.07) is -0.833. The minimum Gasteiger partial charge on any atom is -0.481 e. The van der Waals surface area contributed by atoms with Crippen molar-refractivity contribution in [3.8, 4) is 0 Å². The number of nitrogens with two attached hydrogens (primary N) is 2. The fourth-order valence-electron chi connectivity index (χ4n) is 0. The fourth-order valence-corrected chi connectivity index (χ4v) is 0. The van der Waals surface area contributed by atoms with Crippen LogP contribution in [0, 0.1) is 0 Å². The SMILES string of the molecule is NC(N)=O.O=C(O)CI. The predicted octanol–water partition coefficient (Wildman–Crippen LogP) is -0.470. The van der Waals surface area contributed by atoms with Crippen LogP contribution in [0.4, 0.5) is 4.79 Å². The fraction of sp³-hybridized carbons (Fsp3) is 0.333. The van der Waals surface area contributed by atoms with E-state index in [2.05, 4.69) is 11.5 Å². The van der Waals surface area contributed by atoms with Crippen LogP contribution in [0.15, 0.2) is 0 Å². The molecule has 6 heteroatoms. The van der Waals surface area contributed by atoms with Crippen LogP contribution in [0.1, 0.15) is 0 Å². The molecule has 54 valence electrons. The van der Waals surface area contributed by atoms with E-state index < -0.39 is 12.0 Å². The largest absolute Gasteiger partial charge is 0.481 e. The molecule has 0 saturated carbocycles. The zero-order valence-electron chi connectivity index (χ0n) is 4.50. The maximum Gasteiger partial charge on any atom is 0.313 e. The number of carbonyl (C=O) groups excluding carboxylic acids is 1. The number of urea groups is 1. The minimum atomic E-state index is -0.833. The Labute approximate surface area is 65.5 Å². The van der Waals surface area contributed by atoms with Gasteiger partial charge in [-0.2, -0.15) is 0 Å².